The molecule has 96 valence electrons. The molecule has 0 radical (unpaired) electrons. The highest BCUT2D eigenvalue weighted by Gasteiger charge is 2.34. The number of anilines is 1. The SMILES string of the molecule is Nc1ccc(F)c(F)c1-n1ccc(C(F)(F)F)n1. The lowest BCUT2D eigenvalue weighted by molar-refractivity contribution is -0.141. The maximum Gasteiger partial charge on any atom is 0.435 e. The highest BCUT2D eigenvalue weighted by Crippen LogP contribution is 2.29. The van der Waals surface area contributed by atoms with Gasteiger partial charge in [0, 0.05) is 6.20 Å². The first-order valence-electron chi connectivity index (χ1n) is 4.67. The highest BCUT2D eigenvalue weighted by molar-refractivity contribution is 5.58. The van der Waals surface area contributed by atoms with Crippen molar-refractivity contribution in [3.63, 3.8) is 0 Å². The van der Waals surface area contributed by atoms with E-state index in [0.29, 0.717) is 10.7 Å². The topological polar surface area (TPSA) is 43.8 Å². The van der Waals surface area contributed by atoms with Crippen LogP contribution in [0.3, 0.4) is 0 Å². The summed E-state index contributed by atoms with van der Waals surface area (Å²) in [5.74, 6) is -2.57. The molecule has 8 heteroatoms. The van der Waals surface area contributed by atoms with Crippen molar-refractivity contribution in [2.24, 2.45) is 0 Å². The predicted molar refractivity (Wildman–Crippen MR) is 52.9 cm³/mol. The van der Waals surface area contributed by atoms with Crippen molar-refractivity contribution < 1.29 is 22.0 Å². The summed E-state index contributed by atoms with van der Waals surface area (Å²) in [7, 11) is 0. The van der Waals surface area contributed by atoms with Crippen LogP contribution in [0.2, 0.25) is 0 Å². The van der Waals surface area contributed by atoms with Gasteiger partial charge < -0.3 is 5.73 Å². The molecule has 1 aromatic heterocycles. The second-order valence-electron chi connectivity index (χ2n) is 3.44. The monoisotopic (exact) mass is 263 g/mol. The van der Waals surface area contributed by atoms with Gasteiger partial charge in [0.05, 0.1) is 5.69 Å². The van der Waals surface area contributed by atoms with Crippen LogP contribution in [0.5, 0.6) is 0 Å². The Kier molecular flexibility index (Phi) is 2.72. The number of hydrogen-bond acceptors (Lipinski definition) is 2. The fourth-order valence-corrected chi connectivity index (χ4v) is 1.39. The van der Waals surface area contributed by atoms with Crippen molar-refractivity contribution in [1.82, 2.24) is 9.78 Å². The average molecular weight is 263 g/mol. The standard InChI is InChI=1S/C10H6F5N3/c11-5-1-2-6(16)9(8(5)12)18-4-3-7(17-18)10(13,14)15/h1-4H,16H2. The van der Waals surface area contributed by atoms with Gasteiger partial charge in [0.2, 0.25) is 0 Å². The van der Waals surface area contributed by atoms with E-state index in [4.69, 9.17) is 5.73 Å². The Balaban J connectivity index is 2.57. The molecule has 0 aliphatic heterocycles. The van der Waals surface area contributed by atoms with Crippen LogP contribution in [-0.2, 0) is 6.18 Å². The zero-order valence-electron chi connectivity index (χ0n) is 8.67. The van der Waals surface area contributed by atoms with Crippen LogP contribution in [0.25, 0.3) is 5.69 Å². The summed E-state index contributed by atoms with van der Waals surface area (Å²) in [4.78, 5) is 0. The minimum atomic E-state index is -4.66. The summed E-state index contributed by atoms with van der Waals surface area (Å²) in [6.45, 7) is 0. The molecule has 0 fully saturated rings. The number of nitrogens with two attached hydrogens (primary N) is 1. The Morgan fingerprint density at radius 1 is 1.11 bits per heavy atom. The van der Waals surface area contributed by atoms with E-state index in [1.807, 2.05) is 0 Å². The number of nitrogens with zero attached hydrogens (tertiary/aromatic N) is 2. The van der Waals surface area contributed by atoms with E-state index in [1.165, 1.54) is 0 Å². The largest absolute Gasteiger partial charge is 0.435 e. The normalized spacial score (nSPS) is 11.8. The molecule has 1 aromatic carbocycles. The van der Waals surface area contributed by atoms with E-state index in [9.17, 15) is 22.0 Å². The summed E-state index contributed by atoms with van der Waals surface area (Å²) >= 11 is 0. The van der Waals surface area contributed by atoms with E-state index >= 15 is 0 Å². The fraction of sp³-hybridized carbons (Fsp3) is 0.100. The average Bonchev–Trinajstić information content (AvgIpc) is 2.73. The Morgan fingerprint density at radius 3 is 2.33 bits per heavy atom. The summed E-state index contributed by atoms with van der Waals surface area (Å²) < 4.78 is 64.0. The van der Waals surface area contributed by atoms with Crippen molar-refractivity contribution >= 4 is 5.69 Å². The van der Waals surface area contributed by atoms with Gasteiger partial charge in [0.1, 0.15) is 5.69 Å². The van der Waals surface area contributed by atoms with Gasteiger partial charge in [-0.25, -0.2) is 13.5 Å². The molecule has 0 atom stereocenters. The summed E-state index contributed by atoms with van der Waals surface area (Å²) in [5.41, 5.74) is 3.41. The molecule has 0 amide bonds. The zero-order valence-corrected chi connectivity index (χ0v) is 8.67. The molecule has 0 saturated carbocycles. The molecule has 0 spiro atoms. The molecule has 0 bridgehead atoms. The molecular formula is C10H6F5N3. The Morgan fingerprint density at radius 2 is 1.78 bits per heavy atom. The highest BCUT2D eigenvalue weighted by atomic mass is 19.4. The van der Waals surface area contributed by atoms with E-state index in [2.05, 4.69) is 5.10 Å². The number of aromatic nitrogens is 2. The maximum absolute atomic E-state index is 13.5. The van der Waals surface area contributed by atoms with Crippen molar-refractivity contribution in [3.05, 3.63) is 41.7 Å². The first kappa shape index (κ1) is 12.3. The van der Waals surface area contributed by atoms with Crippen molar-refractivity contribution in [2.45, 2.75) is 6.18 Å². The van der Waals surface area contributed by atoms with Crippen molar-refractivity contribution in [1.29, 1.82) is 0 Å². The van der Waals surface area contributed by atoms with Crippen LogP contribution in [0, 0.1) is 11.6 Å². The van der Waals surface area contributed by atoms with Gasteiger partial charge in [-0.3, -0.25) is 0 Å². The smallest absolute Gasteiger partial charge is 0.397 e. The molecule has 2 N–H and O–H groups in total. The van der Waals surface area contributed by atoms with E-state index in [1.54, 1.807) is 0 Å². The Labute approximate surface area is 97.6 Å². The first-order valence-corrected chi connectivity index (χ1v) is 4.67. The van der Waals surface area contributed by atoms with Crippen LogP contribution < -0.4 is 5.73 Å². The first-order chi connectivity index (χ1) is 8.30. The Hall–Kier alpha value is -2.12. The molecule has 1 heterocycles. The Bertz CT molecular complexity index is 588. The third-order valence-electron chi connectivity index (χ3n) is 2.21. The quantitative estimate of drug-likeness (QED) is 0.635. The second-order valence-corrected chi connectivity index (χ2v) is 3.44. The summed E-state index contributed by atoms with van der Waals surface area (Å²) in [6.07, 6.45) is -3.80. The predicted octanol–water partition coefficient (Wildman–Crippen LogP) is 2.75. The lowest BCUT2D eigenvalue weighted by atomic mass is 10.2. The fourth-order valence-electron chi connectivity index (χ4n) is 1.39. The zero-order chi connectivity index (χ0) is 13.5. The molecule has 0 unspecified atom stereocenters. The molecule has 2 aromatic rings. The van der Waals surface area contributed by atoms with Crippen LogP contribution in [0.4, 0.5) is 27.6 Å². The van der Waals surface area contributed by atoms with Gasteiger partial charge in [-0.2, -0.15) is 18.3 Å². The lowest BCUT2D eigenvalue weighted by Gasteiger charge is -2.08. The van der Waals surface area contributed by atoms with Crippen molar-refractivity contribution in [3.8, 4) is 5.69 Å². The molecule has 0 aliphatic rings. The lowest BCUT2D eigenvalue weighted by Crippen LogP contribution is -2.09. The molecule has 18 heavy (non-hydrogen) atoms. The van der Waals surface area contributed by atoms with Gasteiger partial charge in [-0.1, -0.05) is 0 Å². The second kappa shape index (κ2) is 3.97. The minimum absolute atomic E-state index is 0.217. The third kappa shape index (κ3) is 2.01. The van der Waals surface area contributed by atoms with Gasteiger partial charge in [-0.15, -0.1) is 0 Å². The number of nitrogen functional groups attached to an aromatic ring is 1. The van der Waals surface area contributed by atoms with Gasteiger partial charge >= 0.3 is 6.18 Å². The number of benzene rings is 1. The maximum atomic E-state index is 13.5. The van der Waals surface area contributed by atoms with E-state index in [0.717, 1.165) is 18.3 Å². The number of alkyl halides is 3. The molecule has 0 aliphatic carbocycles. The van der Waals surface area contributed by atoms with Crippen LogP contribution in [-0.4, -0.2) is 9.78 Å². The number of hydrogen-bond donors (Lipinski definition) is 1. The number of rotatable bonds is 1. The summed E-state index contributed by atoms with van der Waals surface area (Å²) in [6, 6.07) is 2.47. The minimum Gasteiger partial charge on any atom is -0.397 e. The van der Waals surface area contributed by atoms with Gasteiger partial charge in [0.25, 0.3) is 0 Å². The molecule has 2 rings (SSSR count). The molecule has 3 nitrogen and oxygen atoms in total. The van der Waals surface area contributed by atoms with E-state index in [-0.39, 0.29) is 5.69 Å². The molecular weight excluding hydrogens is 257 g/mol. The van der Waals surface area contributed by atoms with E-state index < -0.39 is 29.2 Å². The third-order valence-corrected chi connectivity index (χ3v) is 2.21. The van der Waals surface area contributed by atoms with Crippen LogP contribution in [0.1, 0.15) is 5.69 Å². The van der Waals surface area contributed by atoms with Gasteiger partial charge in [-0.05, 0) is 18.2 Å². The number of halogens is 5. The van der Waals surface area contributed by atoms with Gasteiger partial charge in [0.15, 0.2) is 17.3 Å². The molecule has 0 saturated heterocycles. The van der Waals surface area contributed by atoms with Crippen molar-refractivity contribution in [2.75, 3.05) is 5.73 Å². The van der Waals surface area contributed by atoms with Crippen LogP contribution >= 0.6 is 0 Å². The summed E-state index contributed by atoms with van der Waals surface area (Å²) in [5, 5.41) is 3.12. The van der Waals surface area contributed by atoms with Crippen LogP contribution in [0.15, 0.2) is 24.4 Å².